The number of rotatable bonds is 7. The molecule has 0 saturated heterocycles. The Morgan fingerprint density at radius 3 is 2.63 bits per heavy atom. The Balaban J connectivity index is 1.52. The smallest absolute Gasteiger partial charge is 0.349 e. The van der Waals surface area contributed by atoms with Crippen LogP contribution < -0.4 is 21.2 Å². The van der Waals surface area contributed by atoms with Gasteiger partial charge in [0.05, 0.1) is 6.54 Å². The second-order valence-electron chi connectivity index (χ2n) is 8.68. The van der Waals surface area contributed by atoms with E-state index in [1.165, 1.54) is 10.5 Å². The Labute approximate surface area is 200 Å². The molecular weight excluding hydrogens is 448 g/mol. The highest BCUT2D eigenvalue weighted by Crippen LogP contribution is 2.25. The number of benzene rings is 1. The summed E-state index contributed by atoms with van der Waals surface area (Å²) in [4.78, 5) is 40.5. The molecule has 1 aliphatic heterocycles. The number of pyridine rings is 2. The molecular formula is C25H26N6O4. The maximum atomic E-state index is 13.5. The minimum atomic E-state index is -0.366. The Kier molecular flexibility index (Phi) is 5.86. The number of aromatic amines is 1. The first kappa shape index (κ1) is 22.5. The Morgan fingerprint density at radius 1 is 1.06 bits per heavy atom. The molecule has 0 aliphatic carbocycles. The van der Waals surface area contributed by atoms with Gasteiger partial charge in [0.2, 0.25) is 5.43 Å². The molecule has 10 heteroatoms. The lowest BCUT2D eigenvalue weighted by Gasteiger charge is -2.35. The van der Waals surface area contributed by atoms with E-state index in [0.29, 0.717) is 30.2 Å². The van der Waals surface area contributed by atoms with Crippen LogP contribution in [0.5, 0.6) is 5.75 Å². The SMILES string of the molecule is CC(C)N1CCn2c(CNc3cccc4n[nH]c(=O)n34)cc(=O)c(OCc3ccccc3)c2C1=O. The molecule has 0 atom stereocenters. The van der Waals surface area contributed by atoms with Crippen molar-refractivity contribution in [3.8, 4) is 5.75 Å². The minimum absolute atomic E-state index is 0.0133. The number of H-pyrrole nitrogens is 1. The fraction of sp³-hybridized carbons (Fsp3) is 0.280. The summed E-state index contributed by atoms with van der Waals surface area (Å²) in [7, 11) is 0. The van der Waals surface area contributed by atoms with Crippen LogP contribution in [-0.2, 0) is 19.7 Å². The van der Waals surface area contributed by atoms with Gasteiger partial charge in [0.25, 0.3) is 5.91 Å². The quantitative estimate of drug-likeness (QED) is 0.425. The number of fused-ring (bicyclic) bond motifs is 2. The highest BCUT2D eigenvalue weighted by Gasteiger charge is 2.32. The number of carbonyl (C=O) groups excluding carboxylic acids is 1. The third-order valence-electron chi connectivity index (χ3n) is 6.12. The number of ether oxygens (including phenoxy) is 1. The first-order valence-corrected chi connectivity index (χ1v) is 11.5. The number of nitrogens with zero attached hydrogens (tertiary/aromatic N) is 4. The highest BCUT2D eigenvalue weighted by molar-refractivity contribution is 5.96. The van der Waals surface area contributed by atoms with Gasteiger partial charge in [-0.25, -0.2) is 14.3 Å². The maximum Gasteiger partial charge on any atom is 0.349 e. The Bertz CT molecular complexity index is 1500. The van der Waals surface area contributed by atoms with Gasteiger partial charge in [0, 0.05) is 30.9 Å². The lowest BCUT2D eigenvalue weighted by atomic mass is 10.1. The van der Waals surface area contributed by atoms with Crippen molar-refractivity contribution in [3.63, 3.8) is 0 Å². The molecule has 0 saturated carbocycles. The summed E-state index contributed by atoms with van der Waals surface area (Å²) in [6.07, 6.45) is 0. The minimum Gasteiger partial charge on any atom is -0.483 e. The molecule has 3 aromatic heterocycles. The molecule has 1 aromatic carbocycles. The number of hydrogen-bond donors (Lipinski definition) is 2. The fourth-order valence-electron chi connectivity index (χ4n) is 4.37. The number of anilines is 1. The molecule has 2 N–H and O–H groups in total. The number of hydrogen-bond acceptors (Lipinski definition) is 6. The van der Waals surface area contributed by atoms with E-state index in [-0.39, 0.29) is 47.7 Å². The van der Waals surface area contributed by atoms with Crippen LogP contribution in [0, 0.1) is 0 Å². The summed E-state index contributed by atoms with van der Waals surface area (Å²) in [6.45, 7) is 5.35. The van der Waals surface area contributed by atoms with Gasteiger partial charge in [-0.2, -0.15) is 5.10 Å². The van der Waals surface area contributed by atoms with E-state index in [1.807, 2.05) is 48.7 Å². The largest absolute Gasteiger partial charge is 0.483 e. The maximum absolute atomic E-state index is 13.5. The van der Waals surface area contributed by atoms with Gasteiger partial charge in [0.15, 0.2) is 17.1 Å². The Morgan fingerprint density at radius 2 is 1.86 bits per heavy atom. The van der Waals surface area contributed by atoms with Crippen LogP contribution in [0.25, 0.3) is 5.65 Å². The molecule has 180 valence electrons. The van der Waals surface area contributed by atoms with Gasteiger partial charge in [-0.3, -0.25) is 9.59 Å². The second kappa shape index (κ2) is 9.13. The molecule has 1 amide bonds. The van der Waals surface area contributed by atoms with Crippen LogP contribution in [-0.4, -0.2) is 42.6 Å². The van der Waals surface area contributed by atoms with Crippen LogP contribution in [0.15, 0.2) is 64.2 Å². The molecule has 35 heavy (non-hydrogen) atoms. The third-order valence-corrected chi connectivity index (χ3v) is 6.12. The van der Waals surface area contributed by atoms with E-state index < -0.39 is 0 Å². The van der Waals surface area contributed by atoms with Crippen LogP contribution >= 0.6 is 0 Å². The predicted molar refractivity (Wildman–Crippen MR) is 131 cm³/mol. The summed E-state index contributed by atoms with van der Waals surface area (Å²) < 4.78 is 9.20. The average molecular weight is 475 g/mol. The van der Waals surface area contributed by atoms with Crippen molar-refractivity contribution >= 4 is 17.4 Å². The van der Waals surface area contributed by atoms with Gasteiger partial charge in [-0.05, 0) is 31.5 Å². The monoisotopic (exact) mass is 474 g/mol. The number of carbonyl (C=O) groups is 1. The zero-order valence-corrected chi connectivity index (χ0v) is 19.5. The molecule has 1 aliphatic rings. The van der Waals surface area contributed by atoms with E-state index in [0.717, 1.165) is 5.56 Å². The van der Waals surface area contributed by atoms with Gasteiger partial charge in [-0.15, -0.1) is 0 Å². The van der Waals surface area contributed by atoms with E-state index in [2.05, 4.69) is 15.5 Å². The molecule has 5 rings (SSSR count). The summed E-state index contributed by atoms with van der Waals surface area (Å²) in [5.41, 5.74) is 1.54. The number of nitrogens with one attached hydrogen (secondary N) is 2. The van der Waals surface area contributed by atoms with Gasteiger partial charge >= 0.3 is 5.69 Å². The van der Waals surface area contributed by atoms with E-state index in [9.17, 15) is 14.4 Å². The summed E-state index contributed by atoms with van der Waals surface area (Å²) in [6, 6.07) is 16.2. The highest BCUT2D eigenvalue weighted by atomic mass is 16.5. The lowest BCUT2D eigenvalue weighted by Crippen LogP contribution is -2.46. The first-order chi connectivity index (χ1) is 16.9. The molecule has 0 spiro atoms. The fourth-order valence-corrected chi connectivity index (χ4v) is 4.37. The zero-order chi connectivity index (χ0) is 24.5. The topological polar surface area (TPSA) is 114 Å². The molecule has 4 heterocycles. The summed E-state index contributed by atoms with van der Waals surface area (Å²) in [5, 5.41) is 9.61. The summed E-state index contributed by atoms with van der Waals surface area (Å²) >= 11 is 0. The Hall–Kier alpha value is -4.34. The zero-order valence-electron chi connectivity index (χ0n) is 19.5. The number of amides is 1. The van der Waals surface area contributed by atoms with Crippen molar-refractivity contribution in [1.82, 2.24) is 24.1 Å². The van der Waals surface area contributed by atoms with E-state index in [1.54, 1.807) is 23.1 Å². The molecule has 4 aromatic rings. The average Bonchev–Trinajstić information content (AvgIpc) is 3.24. The molecule has 0 radical (unpaired) electrons. The first-order valence-electron chi connectivity index (χ1n) is 11.5. The third kappa shape index (κ3) is 4.18. The van der Waals surface area contributed by atoms with Crippen molar-refractivity contribution in [2.45, 2.75) is 39.6 Å². The van der Waals surface area contributed by atoms with Crippen molar-refractivity contribution in [3.05, 3.63) is 92.3 Å². The summed E-state index contributed by atoms with van der Waals surface area (Å²) in [5.74, 6) is 0.348. The normalized spacial score (nSPS) is 13.3. The van der Waals surface area contributed by atoms with Gasteiger partial charge in [-0.1, -0.05) is 36.4 Å². The van der Waals surface area contributed by atoms with Crippen molar-refractivity contribution in [2.75, 3.05) is 11.9 Å². The van der Waals surface area contributed by atoms with Crippen LogP contribution in [0.1, 0.15) is 35.6 Å². The predicted octanol–water partition coefficient (Wildman–Crippen LogP) is 2.24. The molecule has 0 fully saturated rings. The van der Waals surface area contributed by atoms with Crippen molar-refractivity contribution in [2.24, 2.45) is 0 Å². The molecule has 10 nitrogen and oxygen atoms in total. The molecule has 0 bridgehead atoms. The standard InChI is InChI=1S/C25H26N6O4/c1-16(2)29-11-12-30-18(14-26-20-9-6-10-21-27-28-25(34)31(20)21)13-19(32)23(22(30)24(29)33)35-15-17-7-4-3-5-8-17/h3-10,13,16,26H,11-12,14-15H2,1-2H3,(H,28,34). The lowest BCUT2D eigenvalue weighted by molar-refractivity contribution is 0.0636. The van der Waals surface area contributed by atoms with Crippen molar-refractivity contribution < 1.29 is 9.53 Å². The van der Waals surface area contributed by atoms with Crippen LogP contribution in [0.2, 0.25) is 0 Å². The van der Waals surface area contributed by atoms with Gasteiger partial charge in [0.1, 0.15) is 12.4 Å². The van der Waals surface area contributed by atoms with Crippen LogP contribution in [0.4, 0.5) is 5.82 Å². The number of aromatic nitrogens is 4. The second-order valence-corrected chi connectivity index (χ2v) is 8.68. The van der Waals surface area contributed by atoms with E-state index >= 15 is 0 Å². The van der Waals surface area contributed by atoms with Crippen LogP contribution in [0.3, 0.4) is 0 Å². The molecule has 0 unspecified atom stereocenters. The van der Waals surface area contributed by atoms with Crippen molar-refractivity contribution in [1.29, 1.82) is 0 Å². The van der Waals surface area contributed by atoms with E-state index in [4.69, 9.17) is 4.74 Å². The van der Waals surface area contributed by atoms with Gasteiger partial charge < -0.3 is 19.5 Å².